The highest BCUT2D eigenvalue weighted by Crippen LogP contribution is 2.35. The Bertz CT molecular complexity index is 530. The van der Waals surface area contributed by atoms with Crippen LogP contribution in [-0.2, 0) is 13.5 Å². The van der Waals surface area contributed by atoms with Crippen molar-refractivity contribution in [3.63, 3.8) is 0 Å². The predicted octanol–water partition coefficient (Wildman–Crippen LogP) is 1.10. The third-order valence-electron chi connectivity index (χ3n) is 3.31. The number of aromatic nitrogens is 1. The van der Waals surface area contributed by atoms with E-state index in [0.717, 1.165) is 12.0 Å². The van der Waals surface area contributed by atoms with Crippen molar-refractivity contribution in [2.45, 2.75) is 18.6 Å². The van der Waals surface area contributed by atoms with Crippen LogP contribution in [0.4, 0.5) is 0 Å². The number of benzene rings is 1. The van der Waals surface area contributed by atoms with Crippen LogP contribution in [0, 0.1) is 0 Å². The minimum absolute atomic E-state index is 0.175. The normalized spacial score (nSPS) is 24.7. The second-order valence-corrected chi connectivity index (χ2v) is 4.32. The molecule has 78 valence electrons. The van der Waals surface area contributed by atoms with Gasteiger partial charge in [-0.25, -0.2) is 0 Å². The van der Waals surface area contributed by atoms with E-state index in [4.69, 9.17) is 5.73 Å². The highest BCUT2D eigenvalue weighted by molar-refractivity contribution is 5.88. The maximum atomic E-state index is 10.0. The van der Waals surface area contributed by atoms with Crippen LogP contribution >= 0.6 is 0 Å². The monoisotopic (exact) mass is 202 g/mol. The van der Waals surface area contributed by atoms with Gasteiger partial charge in [0.25, 0.3) is 0 Å². The fourth-order valence-electron chi connectivity index (χ4n) is 2.57. The summed E-state index contributed by atoms with van der Waals surface area (Å²) in [4.78, 5) is 0. The molecule has 0 saturated heterocycles. The summed E-state index contributed by atoms with van der Waals surface area (Å²) in [6.07, 6.45) is 2.35. The largest absolute Gasteiger partial charge is 0.387 e. The van der Waals surface area contributed by atoms with Gasteiger partial charge in [-0.1, -0.05) is 12.1 Å². The molecule has 0 saturated carbocycles. The summed E-state index contributed by atoms with van der Waals surface area (Å²) in [5, 5.41) is 11.2. The SMILES string of the molecule is Cn1cc2c3c(cccc31)C(O)C(N)C2. The minimum atomic E-state index is -0.524. The number of aliphatic hydroxyl groups is 1. The van der Waals surface area contributed by atoms with Crippen LogP contribution < -0.4 is 5.73 Å². The molecular formula is C12H14N2O. The average molecular weight is 202 g/mol. The number of rotatable bonds is 0. The Kier molecular flexibility index (Phi) is 1.69. The maximum Gasteiger partial charge on any atom is 0.0950 e. The summed E-state index contributed by atoms with van der Waals surface area (Å²) in [5.74, 6) is 0. The van der Waals surface area contributed by atoms with Crippen LogP contribution in [0.25, 0.3) is 10.9 Å². The molecule has 3 N–H and O–H groups in total. The molecule has 3 nitrogen and oxygen atoms in total. The zero-order valence-corrected chi connectivity index (χ0v) is 8.64. The zero-order valence-electron chi connectivity index (χ0n) is 8.64. The molecule has 1 aliphatic rings. The van der Waals surface area contributed by atoms with Gasteiger partial charge in [0.05, 0.1) is 6.10 Å². The highest BCUT2D eigenvalue weighted by atomic mass is 16.3. The summed E-state index contributed by atoms with van der Waals surface area (Å²) in [6.45, 7) is 0. The molecule has 0 fully saturated rings. The van der Waals surface area contributed by atoms with E-state index in [-0.39, 0.29) is 6.04 Å². The second kappa shape index (κ2) is 2.84. The van der Waals surface area contributed by atoms with Crippen molar-refractivity contribution < 1.29 is 5.11 Å². The fraction of sp³-hybridized carbons (Fsp3) is 0.333. The second-order valence-electron chi connectivity index (χ2n) is 4.32. The Hall–Kier alpha value is -1.32. The average Bonchev–Trinajstić information content (AvgIpc) is 2.54. The van der Waals surface area contributed by atoms with Crippen LogP contribution in [0.3, 0.4) is 0 Å². The van der Waals surface area contributed by atoms with Gasteiger partial charge in [0.1, 0.15) is 0 Å². The zero-order chi connectivity index (χ0) is 10.6. The lowest BCUT2D eigenvalue weighted by Crippen LogP contribution is -2.33. The molecule has 1 aromatic carbocycles. The van der Waals surface area contributed by atoms with Crippen molar-refractivity contribution in [1.82, 2.24) is 4.57 Å². The molecule has 3 rings (SSSR count). The van der Waals surface area contributed by atoms with Gasteiger partial charge in [-0.3, -0.25) is 0 Å². The van der Waals surface area contributed by atoms with Crippen LogP contribution in [0.5, 0.6) is 0 Å². The van der Waals surface area contributed by atoms with Crippen LogP contribution in [0.2, 0.25) is 0 Å². The van der Waals surface area contributed by atoms with Crippen molar-refractivity contribution >= 4 is 10.9 Å². The summed E-state index contributed by atoms with van der Waals surface area (Å²) >= 11 is 0. The van der Waals surface area contributed by atoms with Crippen molar-refractivity contribution in [2.75, 3.05) is 0 Å². The van der Waals surface area contributed by atoms with E-state index in [1.165, 1.54) is 16.5 Å². The first-order valence-corrected chi connectivity index (χ1v) is 5.19. The van der Waals surface area contributed by atoms with Crippen molar-refractivity contribution in [3.05, 3.63) is 35.5 Å². The van der Waals surface area contributed by atoms with Gasteiger partial charge in [0.2, 0.25) is 0 Å². The Morgan fingerprint density at radius 1 is 1.47 bits per heavy atom. The molecule has 2 unspecified atom stereocenters. The topological polar surface area (TPSA) is 51.2 Å². The quantitative estimate of drug-likeness (QED) is 0.672. The summed E-state index contributed by atoms with van der Waals surface area (Å²) < 4.78 is 2.10. The van der Waals surface area contributed by atoms with Gasteiger partial charge >= 0.3 is 0 Å². The van der Waals surface area contributed by atoms with Gasteiger partial charge < -0.3 is 15.4 Å². The molecule has 15 heavy (non-hydrogen) atoms. The summed E-state index contributed by atoms with van der Waals surface area (Å²) in [7, 11) is 2.03. The molecule has 0 aliphatic heterocycles. The van der Waals surface area contributed by atoms with Gasteiger partial charge in [-0.15, -0.1) is 0 Å². The van der Waals surface area contributed by atoms with Gasteiger partial charge in [-0.2, -0.15) is 0 Å². The van der Waals surface area contributed by atoms with Crippen LogP contribution in [-0.4, -0.2) is 15.7 Å². The Morgan fingerprint density at radius 3 is 3.07 bits per heavy atom. The van der Waals surface area contributed by atoms with Gasteiger partial charge in [0.15, 0.2) is 0 Å². The lowest BCUT2D eigenvalue weighted by atomic mass is 9.87. The van der Waals surface area contributed by atoms with E-state index in [1.807, 2.05) is 19.2 Å². The molecule has 0 amide bonds. The molecule has 1 heterocycles. The Morgan fingerprint density at radius 2 is 2.27 bits per heavy atom. The fourth-order valence-corrected chi connectivity index (χ4v) is 2.57. The molecule has 0 bridgehead atoms. The van der Waals surface area contributed by atoms with E-state index >= 15 is 0 Å². The van der Waals surface area contributed by atoms with Gasteiger partial charge in [-0.05, 0) is 23.6 Å². The summed E-state index contributed by atoms with van der Waals surface area (Å²) in [5.41, 5.74) is 9.32. The van der Waals surface area contributed by atoms with Gasteiger partial charge in [0, 0.05) is 30.2 Å². The van der Waals surface area contributed by atoms with Crippen molar-refractivity contribution in [2.24, 2.45) is 12.8 Å². The van der Waals surface area contributed by atoms with E-state index < -0.39 is 6.10 Å². The molecule has 0 radical (unpaired) electrons. The number of hydrogen-bond donors (Lipinski definition) is 2. The first-order chi connectivity index (χ1) is 7.18. The van der Waals surface area contributed by atoms with E-state index in [0.29, 0.717) is 0 Å². The third-order valence-corrected chi connectivity index (χ3v) is 3.31. The number of hydrogen-bond acceptors (Lipinski definition) is 2. The Balaban J connectivity index is 2.41. The first-order valence-electron chi connectivity index (χ1n) is 5.19. The van der Waals surface area contributed by atoms with E-state index in [9.17, 15) is 5.11 Å². The number of aryl methyl sites for hydroxylation is 1. The van der Waals surface area contributed by atoms with Crippen molar-refractivity contribution in [1.29, 1.82) is 0 Å². The van der Waals surface area contributed by atoms with Crippen LogP contribution in [0.15, 0.2) is 24.4 Å². The third kappa shape index (κ3) is 1.07. The molecule has 1 aromatic heterocycles. The van der Waals surface area contributed by atoms with Crippen LogP contribution in [0.1, 0.15) is 17.2 Å². The van der Waals surface area contributed by atoms with Crippen molar-refractivity contribution in [3.8, 4) is 0 Å². The summed E-state index contributed by atoms with van der Waals surface area (Å²) in [6, 6.07) is 5.84. The maximum absolute atomic E-state index is 10.0. The molecule has 2 atom stereocenters. The van der Waals surface area contributed by atoms with E-state index in [1.54, 1.807) is 0 Å². The molecule has 1 aliphatic carbocycles. The van der Waals surface area contributed by atoms with E-state index in [2.05, 4.69) is 16.8 Å². The molecule has 0 spiro atoms. The Labute approximate surface area is 88.1 Å². The molecular weight excluding hydrogens is 188 g/mol. The first kappa shape index (κ1) is 8.95. The highest BCUT2D eigenvalue weighted by Gasteiger charge is 2.27. The lowest BCUT2D eigenvalue weighted by Gasteiger charge is -2.24. The smallest absolute Gasteiger partial charge is 0.0950 e. The predicted molar refractivity (Wildman–Crippen MR) is 59.6 cm³/mol. The molecule has 3 heteroatoms. The number of nitrogens with zero attached hydrogens (tertiary/aromatic N) is 1. The molecule has 2 aromatic rings. The lowest BCUT2D eigenvalue weighted by molar-refractivity contribution is 0.145. The number of nitrogens with two attached hydrogens (primary N) is 1. The standard InChI is InChI=1S/C12H14N2O/c1-14-6-7-5-9(13)12(15)8-3-2-4-10(14)11(7)8/h2-4,6,9,12,15H,5,13H2,1H3. The minimum Gasteiger partial charge on any atom is -0.387 e. The number of aliphatic hydroxyl groups excluding tert-OH is 1.